The van der Waals surface area contributed by atoms with Gasteiger partial charge in [0.1, 0.15) is 0 Å². The van der Waals surface area contributed by atoms with Crippen LogP contribution in [0.15, 0.2) is 10.2 Å². The average Bonchev–Trinajstić information content (AvgIpc) is 3.10. The Morgan fingerprint density at radius 1 is 1.56 bits per heavy atom. The van der Waals surface area contributed by atoms with Gasteiger partial charge in [-0.2, -0.15) is 10.2 Å². The maximum Gasteiger partial charge on any atom is 0.223 e. The largest absolute Gasteiger partial charge is 0.383 e. The number of nitrogens with zero attached hydrogens (tertiary/aromatic N) is 3. The van der Waals surface area contributed by atoms with Crippen LogP contribution in [0.5, 0.6) is 0 Å². The van der Waals surface area contributed by atoms with Gasteiger partial charge in [0.2, 0.25) is 5.91 Å². The van der Waals surface area contributed by atoms with Crippen molar-refractivity contribution in [3.8, 4) is 12.3 Å². The molecule has 1 fully saturated rings. The summed E-state index contributed by atoms with van der Waals surface area (Å²) in [5, 5.41) is 8.07. The second kappa shape index (κ2) is 5.49. The molecule has 2 aliphatic rings. The Hall–Kier alpha value is -1.41. The molecule has 98 valence electrons. The number of amides is 1. The van der Waals surface area contributed by atoms with Crippen molar-refractivity contribution in [3.05, 3.63) is 0 Å². The summed E-state index contributed by atoms with van der Waals surface area (Å²) in [6.07, 6.45) is 8.87. The van der Waals surface area contributed by atoms with Crippen molar-refractivity contribution in [2.75, 3.05) is 20.3 Å². The van der Waals surface area contributed by atoms with Gasteiger partial charge in [-0.05, 0) is 6.42 Å². The van der Waals surface area contributed by atoms with Crippen molar-refractivity contribution < 1.29 is 9.53 Å². The fourth-order valence-electron chi connectivity index (χ4n) is 2.25. The lowest BCUT2D eigenvalue weighted by Crippen LogP contribution is -2.53. The van der Waals surface area contributed by atoms with E-state index in [-0.39, 0.29) is 17.6 Å². The van der Waals surface area contributed by atoms with Gasteiger partial charge < -0.3 is 9.64 Å². The number of carbonyl (C=O) groups excluding carboxylic acids is 1. The highest BCUT2D eigenvalue weighted by Gasteiger charge is 2.40. The summed E-state index contributed by atoms with van der Waals surface area (Å²) in [6, 6.07) is 0.261. The number of carbonyl (C=O) groups is 1. The summed E-state index contributed by atoms with van der Waals surface area (Å²) in [5.74, 6) is 2.77. The lowest BCUT2D eigenvalue weighted by molar-refractivity contribution is -0.141. The fourth-order valence-corrected chi connectivity index (χ4v) is 2.25. The summed E-state index contributed by atoms with van der Waals surface area (Å²) in [7, 11) is 1.66. The second-order valence-corrected chi connectivity index (χ2v) is 4.87. The number of likely N-dealkylation sites (tertiary alicyclic amines) is 1. The molecule has 0 saturated carbocycles. The zero-order chi connectivity index (χ0) is 13.0. The normalized spacial score (nSPS) is 23.3. The van der Waals surface area contributed by atoms with E-state index in [1.807, 2.05) is 4.90 Å². The summed E-state index contributed by atoms with van der Waals surface area (Å²) in [4.78, 5) is 13.9. The molecule has 2 rings (SSSR count). The Bertz CT molecular complexity index is 380. The van der Waals surface area contributed by atoms with Crippen molar-refractivity contribution >= 4 is 5.91 Å². The first-order valence-electron chi connectivity index (χ1n) is 6.37. The van der Waals surface area contributed by atoms with E-state index in [1.54, 1.807) is 7.11 Å². The third-order valence-corrected chi connectivity index (χ3v) is 3.62. The molecule has 0 aliphatic carbocycles. The van der Waals surface area contributed by atoms with Gasteiger partial charge in [0, 0.05) is 39.3 Å². The number of hydrogen-bond acceptors (Lipinski definition) is 4. The number of hydrogen-bond donors (Lipinski definition) is 0. The predicted molar refractivity (Wildman–Crippen MR) is 66.9 cm³/mol. The highest BCUT2D eigenvalue weighted by molar-refractivity contribution is 5.77. The van der Waals surface area contributed by atoms with E-state index in [1.165, 1.54) is 0 Å². The topological polar surface area (TPSA) is 54.3 Å². The van der Waals surface area contributed by atoms with Crippen molar-refractivity contribution in [2.45, 2.75) is 43.8 Å². The minimum atomic E-state index is -0.344. The van der Waals surface area contributed by atoms with Crippen LogP contribution < -0.4 is 0 Å². The molecule has 18 heavy (non-hydrogen) atoms. The molecule has 5 nitrogen and oxygen atoms in total. The lowest BCUT2D eigenvalue weighted by Gasteiger charge is -2.40. The Labute approximate surface area is 108 Å². The molecule has 1 saturated heterocycles. The van der Waals surface area contributed by atoms with Crippen LogP contribution in [0, 0.1) is 12.3 Å². The second-order valence-electron chi connectivity index (χ2n) is 4.87. The van der Waals surface area contributed by atoms with Crippen LogP contribution >= 0.6 is 0 Å². The number of rotatable bonds is 7. The average molecular weight is 249 g/mol. The Kier molecular flexibility index (Phi) is 3.97. The maximum absolute atomic E-state index is 12.0. The molecule has 1 unspecified atom stereocenters. The zero-order valence-electron chi connectivity index (χ0n) is 10.8. The van der Waals surface area contributed by atoms with Crippen LogP contribution in [0.1, 0.15) is 32.1 Å². The molecule has 1 atom stereocenters. The van der Waals surface area contributed by atoms with Gasteiger partial charge >= 0.3 is 0 Å². The van der Waals surface area contributed by atoms with E-state index in [0.29, 0.717) is 25.9 Å². The highest BCUT2D eigenvalue weighted by atomic mass is 16.5. The molecule has 5 heteroatoms. The number of methoxy groups -OCH3 is 1. The standard InChI is InChI=1S/C13H19N3O2/c1-3-4-7-13(14-15-13)8-5-12(17)16-9-6-11(16)10-18-2/h1,11H,4-10H2,2H3. The molecule has 1 amide bonds. The van der Waals surface area contributed by atoms with Crippen LogP contribution in [0.2, 0.25) is 0 Å². The molecule has 0 aromatic carbocycles. The van der Waals surface area contributed by atoms with E-state index >= 15 is 0 Å². The van der Waals surface area contributed by atoms with Gasteiger partial charge in [0.05, 0.1) is 12.6 Å². The van der Waals surface area contributed by atoms with Crippen molar-refractivity contribution in [2.24, 2.45) is 10.2 Å². The van der Waals surface area contributed by atoms with E-state index in [9.17, 15) is 4.79 Å². The molecule has 0 bridgehead atoms. The molecular formula is C13H19N3O2. The van der Waals surface area contributed by atoms with Gasteiger partial charge in [0.15, 0.2) is 5.66 Å². The Balaban J connectivity index is 1.71. The van der Waals surface area contributed by atoms with Gasteiger partial charge in [-0.25, -0.2) is 0 Å². The first-order valence-corrected chi connectivity index (χ1v) is 6.37. The molecule has 0 N–H and O–H groups in total. The summed E-state index contributed by atoms with van der Waals surface area (Å²) < 4.78 is 5.08. The van der Waals surface area contributed by atoms with Crippen LogP contribution in [0.4, 0.5) is 0 Å². The molecule has 0 radical (unpaired) electrons. The number of terminal acetylenes is 1. The molecule has 2 heterocycles. The molecule has 0 spiro atoms. The first-order chi connectivity index (χ1) is 8.71. The monoisotopic (exact) mass is 249 g/mol. The maximum atomic E-state index is 12.0. The van der Waals surface area contributed by atoms with Gasteiger partial charge in [-0.15, -0.1) is 12.3 Å². The highest BCUT2D eigenvalue weighted by Crippen LogP contribution is 2.38. The smallest absolute Gasteiger partial charge is 0.223 e. The van der Waals surface area contributed by atoms with Crippen molar-refractivity contribution in [1.29, 1.82) is 0 Å². The summed E-state index contributed by atoms with van der Waals surface area (Å²) in [6.45, 7) is 1.47. The molecular weight excluding hydrogens is 230 g/mol. The summed E-state index contributed by atoms with van der Waals surface area (Å²) >= 11 is 0. The SMILES string of the molecule is C#CCCC1(CCC(=O)N2CCC2COC)N=N1. The third kappa shape index (κ3) is 2.88. The Morgan fingerprint density at radius 2 is 2.33 bits per heavy atom. The predicted octanol–water partition coefficient (Wildman–Crippen LogP) is 1.59. The fraction of sp³-hybridized carbons (Fsp3) is 0.769. The first kappa shape index (κ1) is 13.0. The van der Waals surface area contributed by atoms with Crippen LogP contribution in [-0.2, 0) is 9.53 Å². The number of ether oxygens (including phenoxy) is 1. The van der Waals surface area contributed by atoms with Gasteiger partial charge in [-0.3, -0.25) is 4.79 Å². The van der Waals surface area contributed by atoms with Gasteiger partial charge in [-0.1, -0.05) is 0 Å². The van der Waals surface area contributed by atoms with Gasteiger partial charge in [0.25, 0.3) is 0 Å². The van der Waals surface area contributed by atoms with E-state index in [4.69, 9.17) is 11.2 Å². The summed E-state index contributed by atoms with van der Waals surface area (Å²) in [5.41, 5.74) is -0.344. The Morgan fingerprint density at radius 3 is 2.83 bits per heavy atom. The van der Waals surface area contributed by atoms with Crippen LogP contribution in [-0.4, -0.2) is 42.8 Å². The van der Waals surface area contributed by atoms with Crippen LogP contribution in [0.3, 0.4) is 0 Å². The lowest BCUT2D eigenvalue weighted by atomic mass is 9.99. The van der Waals surface area contributed by atoms with E-state index in [0.717, 1.165) is 19.4 Å². The van der Waals surface area contributed by atoms with Crippen molar-refractivity contribution in [3.63, 3.8) is 0 Å². The zero-order valence-corrected chi connectivity index (χ0v) is 10.8. The minimum Gasteiger partial charge on any atom is -0.383 e. The van der Waals surface area contributed by atoms with Crippen molar-refractivity contribution in [1.82, 2.24) is 4.90 Å². The molecule has 2 aliphatic heterocycles. The van der Waals surface area contributed by atoms with E-state index in [2.05, 4.69) is 16.1 Å². The minimum absolute atomic E-state index is 0.181. The molecule has 0 aromatic heterocycles. The third-order valence-electron chi connectivity index (χ3n) is 3.62. The van der Waals surface area contributed by atoms with Crippen LogP contribution in [0.25, 0.3) is 0 Å². The van der Waals surface area contributed by atoms with E-state index < -0.39 is 0 Å². The molecule has 0 aromatic rings. The quantitative estimate of drug-likeness (QED) is 0.643.